The summed E-state index contributed by atoms with van der Waals surface area (Å²) in [6.45, 7) is 4.11. The first-order valence-electron chi connectivity index (χ1n) is 11.1. The van der Waals surface area contributed by atoms with Gasteiger partial charge in [0.2, 0.25) is 15.9 Å². The van der Waals surface area contributed by atoms with Gasteiger partial charge in [-0.1, -0.05) is 25.1 Å². The molecule has 0 fully saturated rings. The van der Waals surface area contributed by atoms with Crippen molar-refractivity contribution < 1.29 is 27.1 Å². The number of methoxy groups -OCH3 is 1. The largest absolute Gasteiger partial charge is 0.493 e. The Labute approximate surface area is 195 Å². The third-order valence-electron chi connectivity index (χ3n) is 5.12. The first kappa shape index (κ1) is 26.6. The van der Waals surface area contributed by atoms with Gasteiger partial charge in [0.25, 0.3) is 0 Å². The lowest BCUT2D eigenvalue weighted by Crippen LogP contribution is -2.47. The van der Waals surface area contributed by atoms with Crippen LogP contribution in [0, 0.1) is 5.82 Å². The van der Waals surface area contributed by atoms with Crippen molar-refractivity contribution >= 4 is 15.9 Å². The van der Waals surface area contributed by atoms with E-state index in [0.29, 0.717) is 43.9 Å². The number of carbonyl (C=O) groups is 1. The van der Waals surface area contributed by atoms with E-state index in [9.17, 15) is 17.6 Å². The number of rotatable bonds is 14. The van der Waals surface area contributed by atoms with Gasteiger partial charge in [-0.15, -0.1) is 0 Å². The maximum atomic E-state index is 13.3. The van der Waals surface area contributed by atoms with Crippen molar-refractivity contribution in [1.29, 1.82) is 0 Å². The number of nitrogens with one attached hydrogen (secondary N) is 2. The standard InChI is InChI=1S/C24H33FN2O5S/c1-4-21(27-33(29,30)5-2)24(28)26-14-13-19-11-12-22(23(17-19)31-3)32-15-7-9-18-8-6-10-20(25)16-18/h6,8,10-12,16-17,21,27H,4-5,7,9,13-15H2,1-3H3,(H,26,28). The van der Waals surface area contributed by atoms with Crippen LogP contribution in [0.2, 0.25) is 0 Å². The molecule has 0 saturated heterocycles. The summed E-state index contributed by atoms with van der Waals surface area (Å²) in [5, 5.41) is 2.78. The summed E-state index contributed by atoms with van der Waals surface area (Å²) in [7, 11) is -1.89. The summed E-state index contributed by atoms with van der Waals surface area (Å²) < 4.78 is 50.4. The van der Waals surface area contributed by atoms with E-state index in [1.54, 1.807) is 20.1 Å². The Balaban J connectivity index is 1.82. The second-order valence-corrected chi connectivity index (χ2v) is 9.63. The van der Waals surface area contributed by atoms with Crippen LogP contribution < -0.4 is 19.5 Å². The molecule has 7 nitrogen and oxygen atoms in total. The molecule has 2 N–H and O–H groups in total. The number of sulfonamides is 1. The van der Waals surface area contributed by atoms with Gasteiger partial charge in [0.1, 0.15) is 11.9 Å². The molecule has 2 aromatic carbocycles. The molecule has 1 atom stereocenters. The third kappa shape index (κ3) is 9.01. The molecular formula is C24H33FN2O5S. The Hall–Kier alpha value is -2.65. The first-order chi connectivity index (χ1) is 15.8. The minimum Gasteiger partial charge on any atom is -0.493 e. The fourth-order valence-corrected chi connectivity index (χ4v) is 4.09. The molecule has 0 spiro atoms. The molecule has 0 aliphatic heterocycles. The fourth-order valence-electron chi connectivity index (χ4n) is 3.21. The van der Waals surface area contributed by atoms with Crippen LogP contribution >= 0.6 is 0 Å². The van der Waals surface area contributed by atoms with Gasteiger partial charge < -0.3 is 14.8 Å². The van der Waals surface area contributed by atoms with Gasteiger partial charge >= 0.3 is 0 Å². The molecule has 9 heteroatoms. The maximum Gasteiger partial charge on any atom is 0.238 e. The lowest BCUT2D eigenvalue weighted by Gasteiger charge is -2.16. The zero-order valence-corrected chi connectivity index (χ0v) is 20.2. The van der Waals surface area contributed by atoms with Crippen LogP contribution in [-0.2, 0) is 27.7 Å². The number of ether oxygens (including phenoxy) is 2. The van der Waals surface area contributed by atoms with E-state index in [-0.39, 0.29) is 17.5 Å². The fraction of sp³-hybridized carbons (Fsp3) is 0.458. The summed E-state index contributed by atoms with van der Waals surface area (Å²) in [5.41, 5.74) is 1.87. The SMILES string of the molecule is CCC(NS(=O)(=O)CC)C(=O)NCCc1ccc(OCCCc2cccc(F)c2)c(OC)c1. The summed E-state index contributed by atoms with van der Waals surface area (Å²) in [4.78, 5) is 12.3. The summed E-state index contributed by atoms with van der Waals surface area (Å²) in [5.74, 6) is 0.542. The Morgan fingerprint density at radius 2 is 1.82 bits per heavy atom. The molecule has 2 aromatic rings. The molecular weight excluding hydrogens is 447 g/mol. The van der Waals surface area contributed by atoms with Gasteiger partial charge in [-0.3, -0.25) is 4.79 Å². The molecule has 0 radical (unpaired) electrons. The Morgan fingerprint density at radius 1 is 1.06 bits per heavy atom. The van der Waals surface area contributed by atoms with Gasteiger partial charge in [0.15, 0.2) is 11.5 Å². The van der Waals surface area contributed by atoms with Crippen LogP contribution in [0.3, 0.4) is 0 Å². The average Bonchev–Trinajstić information content (AvgIpc) is 2.80. The summed E-state index contributed by atoms with van der Waals surface area (Å²) >= 11 is 0. The predicted octanol–water partition coefficient (Wildman–Crippen LogP) is 3.22. The van der Waals surface area contributed by atoms with Crippen molar-refractivity contribution in [3.63, 3.8) is 0 Å². The Morgan fingerprint density at radius 3 is 2.48 bits per heavy atom. The third-order valence-corrected chi connectivity index (χ3v) is 6.53. The highest BCUT2D eigenvalue weighted by molar-refractivity contribution is 7.89. The molecule has 182 valence electrons. The predicted molar refractivity (Wildman–Crippen MR) is 127 cm³/mol. The highest BCUT2D eigenvalue weighted by atomic mass is 32.2. The number of aryl methyl sites for hydroxylation is 1. The zero-order valence-electron chi connectivity index (χ0n) is 19.4. The van der Waals surface area contributed by atoms with E-state index >= 15 is 0 Å². The van der Waals surface area contributed by atoms with Gasteiger partial charge in [0.05, 0.1) is 19.5 Å². The van der Waals surface area contributed by atoms with Crippen LogP contribution in [0.25, 0.3) is 0 Å². The highest BCUT2D eigenvalue weighted by Gasteiger charge is 2.21. The number of carbonyl (C=O) groups excluding carboxylic acids is 1. The van der Waals surface area contributed by atoms with Gasteiger partial charge in [0, 0.05) is 6.54 Å². The van der Waals surface area contributed by atoms with E-state index in [4.69, 9.17) is 9.47 Å². The van der Waals surface area contributed by atoms with E-state index in [0.717, 1.165) is 17.5 Å². The molecule has 2 rings (SSSR count). The minimum absolute atomic E-state index is 0.0736. The van der Waals surface area contributed by atoms with Crippen molar-refractivity contribution in [2.75, 3.05) is 26.0 Å². The van der Waals surface area contributed by atoms with Crippen LogP contribution in [0.1, 0.15) is 37.8 Å². The Bertz CT molecular complexity index is 1010. The van der Waals surface area contributed by atoms with Crippen molar-refractivity contribution in [2.24, 2.45) is 0 Å². The van der Waals surface area contributed by atoms with E-state index in [1.165, 1.54) is 19.1 Å². The zero-order chi connectivity index (χ0) is 24.3. The van der Waals surface area contributed by atoms with E-state index in [2.05, 4.69) is 10.0 Å². The normalized spacial score (nSPS) is 12.2. The molecule has 0 heterocycles. The van der Waals surface area contributed by atoms with Crippen molar-refractivity contribution in [3.05, 3.63) is 59.4 Å². The molecule has 0 saturated carbocycles. The lowest BCUT2D eigenvalue weighted by molar-refractivity contribution is -0.122. The second kappa shape index (κ2) is 13.2. The maximum absolute atomic E-state index is 13.3. The van der Waals surface area contributed by atoms with Gasteiger partial charge in [-0.25, -0.2) is 17.5 Å². The van der Waals surface area contributed by atoms with Crippen molar-refractivity contribution in [2.45, 2.75) is 45.6 Å². The molecule has 0 aromatic heterocycles. The van der Waals surface area contributed by atoms with Crippen LogP contribution in [-0.4, -0.2) is 46.4 Å². The summed E-state index contributed by atoms with van der Waals surface area (Å²) in [6.07, 6.45) is 2.37. The number of halogens is 1. The molecule has 0 bridgehead atoms. The van der Waals surface area contributed by atoms with Crippen LogP contribution in [0.4, 0.5) is 4.39 Å². The number of amides is 1. The first-order valence-corrected chi connectivity index (χ1v) is 12.7. The quantitative estimate of drug-likeness (QED) is 0.405. The molecule has 0 aliphatic rings. The Kier molecular flexibility index (Phi) is 10.6. The van der Waals surface area contributed by atoms with Gasteiger partial charge in [-0.2, -0.15) is 0 Å². The second-order valence-electron chi connectivity index (χ2n) is 7.59. The number of hydrogen-bond donors (Lipinski definition) is 2. The topological polar surface area (TPSA) is 93.7 Å². The number of benzene rings is 2. The molecule has 0 aliphatic carbocycles. The smallest absolute Gasteiger partial charge is 0.238 e. The van der Waals surface area contributed by atoms with Crippen molar-refractivity contribution in [3.8, 4) is 11.5 Å². The van der Waals surface area contributed by atoms with Crippen LogP contribution in [0.5, 0.6) is 11.5 Å². The summed E-state index contributed by atoms with van der Waals surface area (Å²) in [6, 6.07) is 11.3. The highest BCUT2D eigenvalue weighted by Crippen LogP contribution is 2.28. The van der Waals surface area contributed by atoms with E-state index < -0.39 is 16.1 Å². The minimum atomic E-state index is -3.45. The lowest BCUT2D eigenvalue weighted by atomic mass is 10.1. The average molecular weight is 481 g/mol. The molecule has 1 unspecified atom stereocenters. The number of hydrogen-bond acceptors (Lipinski definition) is 5. The van der Waals surface area contributed by atoms with Crippen LogP contribution in [0.15, 0.2) is 42.5 Å². The molecule has 33 heavy (non-hydrogen) atoms. The molecule has 1 amide bonds. The van der Waals surface area contributed by atoms with Gasteiger partial charge in [-0.05, 0) is 68.0 Å². The van der Waals surface area contributed by atoms with E-state index in [1.807, 2.05) is 24.3 Å². The van der Waals surface area contributed by atoms with Crippen molar-refractivity contribution in [1.82, 2.24) is 10.0 Å². The monoisotopic (exact) mass is 480 g/mol.